The second-order valence-electron chi connectivity index (χ2n) is 3.33. The summed E-state index contributed by atoms with van der Waals surface area (Å²) < 4.78 is 11.4. The molecule has 0 aliphatic carbocycles. The highest BCUT2D eigenvalue weighted by molar-refractivity contribution is 5.86. The van der Waals surface area contributed by atoms with Crippen LogP contribution in [-0.4, -0.2) is 47.3 Å². The van der Waals surface area contributed by atoms with Crippen molar-refractivity contribution in [1.82, 2.24) is 15.0 Å². The lowest BCUT2D eigenvalue weighted by Gasteiger charge is -2.10. The van der Waals surface area contributed by atoms with Crippen LogP contribution in [-0.2, 0) is 16.0 Å². The maximum Gasteiger partial charge on any atom is 0.360 e. The molecule has 0 fully saturated rings. The van der Waals surface area contributed by atoms with Gasteiger partial charge in [-0.2, -0.15) is 0 Å². The van der Waals surface area contributed by atoms with Crippen molar-refractivity contribution in [3.8, 4) is 0 Å². The number of hydrogen-bond donors (Lipinski definition) is 1. The largest absolute Gasteiger partial charge is 0.455 e. The molecular formula is C9H16N4O3. The topological polar surface area (TPSA) is 92.3 Å². The van der Waals surface area contributed by atoms with E-state index in [2.05, 4.69) is 10.3 Å². The third kappa shape index (κ3) is 3.59. The molecule has 0 amide bonds. The zero-order valence-corrected chi connectivity index (χ0v) is 9.42. The van der Waals surface area contributed by atoms with Gasteiger partial charge in [0.15, 0.2) is 5.69 Å². The first-order valence-corrected chi connectivity index (χ1v) is 4.97. The molecule has 0 bridgehead atoms. The Morgan fingerprint density at radius 2 is 2.44 bits per heavy atom. The van der Waals surface area contributed by atoms with E-state index in [4.69, 9.17) is 15.2 Å². The van der Waals surface area contributed by atoms with Crippen LogP contribution in [0.4, 0.5) is 0 Å². The number of carbonyl (C=O) groups excluding carboxylic acids is 1. The van der Waals surface area contributed by atoms with E-state index in [9.17, 15) is 4.79 Å². The minimum atomic E-state index is -0.507. The number of methoxy groups -OCH3 is 1. The fourth-order valence-electron chi connectivity index (χ4n) is 1.15. The lowest BCUT2D eigenvalue weighted by atomic mass is 10.4. The van der Waals surface area contributed by atoms with E-state index >= 15 is 0 Å². The van der Waals surface area contributed by atoms with E-state index in [0.717, 1.165) is 0 Å². The SMILES string of the molecule is COCC(C)OC(=O)c1cn(CCN)nn1. The van der Waals surface area contributed by atoms with Crippen LogP contribution in [0.3, 0.4) is 0 Å². The van der Waals surface area contributed by atoms with Gasteiger partial charge in [0.25, 0.3) is 0 Å². The van der Waals surface area contributed by atoms with E-state index in [1.165, 1.54) is 10.9 Å². The summed E-state index contributed by atoms with van der Waals surface area (Å²) in [7, 11) is 1.54. The molecule has 2 N–H and O–H groups in total. The summed E-state index contributed by atoms with van der Waals surface area (Å²) in [5, 5.41) is 7.42. The van der Waals surface area contributed by atoms with Gasteiger partial charge in [-0.05, 0) is 6.92 Å². The molecule has 0 saturated carbocycles. The van der Waals surface area contributed by atoms with Crippen molar-refractivity contribution >= 4 is 5.97 Å². The Balaban J connectivity index is 2.52. The molecule has 0 aromatic carbocycles. The van der Waals surface area contributed by atoms with Gasteiger partial charge in [0.05, 0.1) is 19.3 Å². The fourth-order valence-corrected chi connectivity index (χ4v) is 1.15. The monoisotopic (exact) mass is 228 g/mol. The summed E-state index contributed by atoms with van der Waals surface area (Å²) >= 11 is 0. The van der Waals surface area contributed by atoms with Crippen LogP contribution in [0.25, 0.3) is 0 Å². The zero-order valence-electron chi connectivity index (χ0n) is 9.42. The summed E-state index contributed by atoms with van der Waals surface area (Å²) in [6.07, 6.45) is 1.20. The molecular weight excluding hydrogens is 212 g/mol. The first-order chi connectivity index (χ1) is 7.67. The number of hydrogen-bond acceptors (Lipinski definition) is 6. The van der Waals surface area contributed by atoms with E-state index in [1.807, 2.05) is 0 Å². The molecule has 0 saturated heterocycles. The Morgan fingerprint density at radius 1 is 1.69 bits per heavy atom. The van der Waals surface area contributed by atoms with Gasteiger partial charge in [0.1, 0.15) is 6.10 Å². The summed E-state index contributed by atoms with van der Waals surface area (Å²) in [6.45, 7) is 3.06. The molecule has 90 valence electrons. The fraction of sp³-hybridized carbons (Fsp3) is 0.667. The highest BCUT2D eigenvalue weighted by Gasteiger charge is 2.15. The van der Waals surface area contributed by atoms with E-state index in [0.29, 0.717) is 19.7 Å². The average molecular weight is 228 g/mol. The molecule has 7 heteroatoms. The van der Waals surface area contributed by atoms with Gasteiger partial charge in [0, 0.05) is 13.7 Å². The van der Waals surface area contributed by atoms with Crippen molar-refractivity contribution in [2.24, 2.45) is 5.73 Å². The van der Waals surface area contributed by atoms with Crippen LogP contribution in [0.15, 0.2) is 6.20 Å². The number of esters is 1. The third-order valence-corrected chi connectivity index (χ3v) is 1.82. The molecule has 0 aliphatic heterocycles. The predicted molar refractivity (Wildman–Crippen MR) is 55.8 cm³/mol. The van der Waals surface area contributed by atoms with E-state index in [-0.39, 0.29) is 11.8 Å². The molecule has 1 unspecified atom stereocenters. The maximum absolute atomic E-state index is 11.5. The molecule has 7 nitrogen and oxygen atoms in total. The lowest BCUT2D eigenvalue weighted by molar-refractivity contribution is 0.0114. The highest BCUT2D eigenvalue weighted by atomic mass is 16.6. The van der Waals surface area contributed by atoms with Crippen molar-refractivity contribution < 1.29 is 14.3 Å². The third-order valence-electron chi connectivity index (χ3n) is 1.82. The smallest absolute Gasteiger partial charge is 0.360 e. The molecule has 1 heterocycles. The van der Waals surface area contributed by atoms with E-state index < -0.39 is 5.97 Å². The summed E-state index contributed by atoms with van der Waals surface area (Å²) in [6, 6.07) is 0. The van der Waals surface area contributed by atoms with Crippen LogP contribution in [0.1, 0.15) is 17.4 Å². The average Bonchev–Trinajstić information content (AvgIpc) is 2.67. The quantitative estimate of drug-likeness (QED) is 0.655. The number of rotatable bonds is 6. The number of ether oxygens (including phenoxy) is 2. The number of aromatic nitrogens is 3. The predicted octanol–water partition coefficient (Wildman–Crippen LogP) is -0.571. The van der Waals surface area contributed by atoms with Gasteiger partial charge in [-0.1, -0.05) is 5.21 Å². The molecule has 1 aromatic rings. The second-order valence-corrected chi connectivity index (χ2v) is 3.33. The summed E-state index contributed by atoms with van der Waals surface area (Å²) in [5.41, 5.74) is 5.52. The van der Waals surface area contributed by atoms with E-state index in [1.54, 1.807) is 14.0 Å². The van der Waals surface area contributed by atoms with Crippen LogP contribution in [0.2, 0.25) is 0 Å². The van der Waals surface area contributed by atoms with Crippen LogP contribution >= 0.6 is 0 Å². The van der Waals surface area contributed by atoms with Gasteiger partial charge in [-0.25, -0.2) is 4.79 Å². The molecule has 0 radical (unpaired) electrons. The van der Waals surface area contributed by atoms with Crippen molar-refractivity contribution in [3.63, 3.8) is 0 Å². The molecule has 1 rings (SSSR count). The first-order valence-electron chi connectivity index (χ1n) is 4.97. The van der Waals surface area contributed by atoms with Gasteiger partial charge in [0.2, 0.25) is 0 Å². The highest BCUT2D eigenvalue weighted by Crippen LogP contribution is 2.00. The Morgan fingerprint density at radius 3 is 3.06 bits per heavy atom. The Kier molecular flexibility index (Phi) is 4.87. The Bertz CT molecular complexity index is 339. The summed E-state index contributed by atoms with van der Waals surface area (Å²) in [4.78, 5) is 11.5. The number of nitrogens with zero attached hydrogens (tertiary/aromatic N) is 3. The summed E-state index contributed by atoms with van der Waals surface area (Å²) in [5.74, 6) is -0.507. The molecule has 0 spiro atoms. The number of nitrogens with two attached hydrogens (primary N) is 1. The normalized spacial score (nSPS) is 12.4. The molecule has 16 heavy (non-hydrogen) atoms. The van der Waals surface area contributed by atoms with Crippen LogP contribution in [0.5, 0.6) is 0 Å². The zero-order chi connectivity index (χ0) is 12.0. The Hall–Kier alpha value is -1.47. The van der Waals surface area contributed by atoms with Crippen molar-refractivity contribution in [2.45, 2.75) is 19.6 Å². The molecule has 1 aromatic heterocycles. The van der Waals surface area contributed by atoms with Crippen LogP contribution in [0, 0.1) is 0 Å². The second kappa shape index (κ2) is 6.19. The van der Waals surface area contributed by atoms with Crippen molar-refractivity contribution in [1.29, 1.82) is 0 Å². The maximum atomic E-state index is 11.5. The van der Waals surface area contributed by atoms with Crippen LogP contribution < -0.4 is 5.73 Å². The van der Waals surface area contributed by atoms with Gasteiger partial charge >= 0.3 is 5.97 Å². The van der Waals surface area contributed by atoms with Crippen molar-refractivity contribution in [3.05, 3.63) is 11.9 Å². The number of carbonyl (C=O) groups is 1. The first kappa shape index (κ1) is 12.6. The minimum absolute atomic E-state index is 0.177. The van der Waals surface area contributed by atoms with Gasteiger partial charge in [-0.15, -0.1) is 5.10 Å². The molecule has 0 aliphatic rings. The van der Waals surface area contributed by atoms with Gasteiger partial charge in [-0.3, -0.25) is 4.68 Å². The molecule has 1 atom stereocenters. The van der Waals surface area contributed by atoms with Gasteiger partial charge < -0.3 is 15.2 Å². The lowest BCUT2D eigenvalue weighted by Crippen LogP contribution is -2.19. The minimum Gasteiger partial charge on any atom is -0.455 e. The van der Waals surface area contributed by atoms with Crippen molar-refractivity contribution in [2.75, 3.05) is 20.3 Å². The Labute approximate surface area is 93.5 Å². The standard InChI is InChI=1S/C9H16N4O3/c1-7(6-15-2)16-9(14)8-5-13(4-3-10)12-11-8/h5,7H,3-4,6,10H2,1-2H3.